The van der Waals surface area contributed by atoms with Crippen LogP contribution in [0.4, 0.5) is 4.39 Å². The van der Waals surface area contributed by atoms with Gasteiger partial charge in [0.25, 0.3) is 0 Å². The van der Waals surface area contributed by atoms with Crippen molar-refractivity contribution in [2.45, 2.75) is 39.7 Å². The minimum absolute atomic E-state index is 0.104. The number of aryl methyl sites for hydroxylation is 1. The van der Waals surface area contributed by atoms with Crippen LogP contribution in [-0.2, 0) is 6.42 Å². The third kappa shape index (κ3) is 4.35. The number of nitrogens with zero attached hydrogens (tertiary/aromatic N) is 2. The molecule has 0 bridgehead atoms. The molecule has 0 aliphatic carbocycles. The van der Waals surface area contributed by atoms with Crippen LogP contribution in [0.3, 0.4) is 0 Å². The molecule has 0 saturated carbocycles. The number of halogens is 1. The van der Waals surface area contributed by atoms with E-state index >= 15 is 0 Å². The van der Waals surface area contributed by atoms with Gasteiger partial charge in [-0.15, -0.1) is 10.2 Å². The highest BCUT2D eigenvalue weighted by molar-refractivity contribution is 7.14. The molecule has 2 aromatic rings. The van der Waals surface area contributed by atoms with Gasteiger partial charge in [-0.25, -0.2) is 4.39 Å². The van der Waals surface area contributed by atoms with E-state index in [4.69, 9.17) is 0 Å². The third-order valence-electron chi connectivity index (χ3n) is 2.75. The van der Waals surface area contributed by atoms with E-state index in [1.54, 1.807) is 0 Å². The second-order valence-corrected chi connectivity index (χ2v) is 7.01. The zero-order valence-electron chi connectivity index (χ0n) is 12.3. The molecule has 0 fully saturated rings. The molecular formula is C15H20FN3S. The number of aromatic nitrogens is 2. The predicted molar refractivity (Wildman–Crippen MR) is 81.5 cm³/mol. The van der Waals surface area contributed by atoms with Gasteiger partial charge in [0.05, 0.1) is 0 Å². The summed E-state index contributed by atoms with van der Waals surface area (Å²) in [5, 5.41) is 13.5. The van der Waals surface area contributed by atoms with Gasteiger partial charge in [0.1, 0.15) is 15.8 Å². The van der Waals surface area contributed by atoms with E-state index in [0.717, 1.165) is 34.1 Å². The average Bonchev–Trinajstić information content (AvgIpc) is 2.74. The van der Waals surface area contributed by atoms with Gasteiger partial charge < -0.3 is 5.32 Å². The summed E-state index contributed by atoms with van der Waals surface area (Å²) in [7, 11) is 0. The zero-order chi connectivity index (χ0) is 14.8. The van der Waals surface area contributed by atoms with Gasteiger partial charge in [-0.1, -0.05) is 11.3 Å². The SMILES string of the molecule is Cc1cc(F)cc(-c2nnc(CCNC(C)(C)C)s2)c1. The largest absolute Gasteiger partial charge is 0.312 e. The highest BCUT2D eigenvalue weighted by Gasteiger charge is 2.11. The van der Waals surface area contributed by atoms with E-state index in [1.165, 1.54) is 23.5 Å². The molecule has 0 atom stereocenters. The Bertz CT molecular complexity index is 567. The molecule has 0 aliphatic rings. The monoisotopic (exact) mass is 293 g/mol. The first kappa shape index (κ1) is 15.1. The second kappa shape index (κ2) is 5.97. The molecule has 5 heteroatoms. The molecule has 1 aromatic heterocycles. The molecule has 0 saturated heterocycles. The average molecular weight is 293 g/mol. The van der Waals surface area contributed by atoms with E-state index in [0.29, 0.717) is 0 Å². The number of nitrogens with one attached hydrogen (secondary N) is 1. The van der Waals surface area contributed by atoms with Gasteiger partial charge in [0.2, 0.25) is 0 Å². The van der Waals surface area contributed by atoms with Crippen molar-refractivity contribution < 1.29 is 4.39 Å². The van der Waals surface area contributed by atoms with E-state index < -0.39 is 0 Å². The molecule has 108 valence electrons. The second-order valence-electron chi connectivity index (χ2n) is 5.94. The topological polar surface area (TPSA) is 37.8 Å². The lowest BCUT2D eigenvalue weighted by molar-refractivity contribution is 0.429. The van der Waals surface area contributed by atoms with Crippen molar-refractivity contribution in [3.63, 3.8) is 0 Å². The highest BCUT2D eigenvalue weighted by atomic mass is 32.1. The van der Waals surface area contributed by atoms with Crippen molar-refractivity contribution in [2.75, 3.05) is 6.54 Å². The summed E-state index contributed by atoms with van der Waals surface area (Å²) < 4.78 is 13.4. The quantitative estimate of drug-likeness (QED) is 0.936. The van der Waals surface area contributed by atoms with Crippen molar-refractivity contribution >= 4 is 11.3 Å². The fourth-order valence-electron chi connectivity index (χ4n) is 1.88. The van der Waals surface area contributed by atoms with E-state index in [-0.39, 0.29) is 11.4 Å². The Morgan fingerprint density at radius 2 is 1.95 bits per heavy atom. The Labute approximate surface area is 123 Å². The summed E-state index contributed by atoms with van der Waals surface area (Å²) in [5.74, 6) is -0.230. The molecule has 1 N–H and O–H groups in total. The lowest BCUT2D eigenvalue weighted by Gasteiger charge is -2.19. The number of hydrogen-bond donors (Lipinski definition) is 1. The molecule has 0 radical (unpaired) electrons. The minimum Gasteiger partial charge on any atom is -0.312 e. The van der Waals surface area contributed by atoms with Gasteiger partial charge in [-0.3, -0.25) is 0 Å². The zero-order valence-corrected chi connectivity index (χ0v) is 13.1. The summed E-state index contributed by atoms with van der Waals surface area (Å²) in [5.41, 5.74) is 1.80. The van der Waals surface area contributed by atoms with E-state index in [1.807, 2.05) is 13.0 Å². The first-order valence-corrected chi connectivity index (χ1v) is 7.50. The maximum atomic E-state index is 13.4. The van der Waals surface area contributed by atoms with Crippen molar-refractivity contribution in [3.8, 4) is 10.6 Å². The van der Waals surface area contributed by atoms with Crippen LogP contribution in [0.5, 0.6) is 0 Å². The molecule has 20 heavy (non-hydrogen) atoms. The van der Waals surface area contributed by atoms with Crippen LogP contribution in [0.15, 0.2) is 18.2 Å². The molecule has 0 amide bonds. The fourth-order valence-corrected chi connectivity index (χ4v) is 2.70. The van der Waals surface area contributed by atoms with Gasteiger partial charge >= 0.3 is 0 Å². The molecular weight excluding hydrogens is 273 g/mol. The first-order valence-electron chi connectivity index (χ1n) is 6.68. The van der Waals surface area contributed by atoms with Crippen LogP contribution in [-0.4, -0.2) is 22.3 Å². The predicted octanol–water partition coefficient (Wildman–Crippen LogP) is 3.58. The third-order valence-corrected chi connectivity index (χ3v) is 3.78. The minimum atomic E-state index is -0.230. The Morgan fingerprint density at radius 3 is 2.60 bits per heavy atom. The molecule has 1 aromatic carbocycles. The smallest absolute Gasteiger partial charge is 0.147 e. The van der Waals surface area contributed by atoms with Crippen LogP contribution in [0.1, 0.15) is 31.3 Å². The van der Waals surface area contributed by atoms with Crippen molar-refractivity contribution in [1.29, 1.82) is 0 Å². The van der Waals surface area contributed by atoms with Crippen LogP contribution < -0.4 is 5.32 Å². The van der Waals surface area contributed by atoms with Crippen molar-refractivity contribution in [1.82, 2.24) is 15.5 Å². The van der Waals surface area contributed by atoms with Crippen LogP contribution in [0.25, 0.3) is 10.6 Å². The molecule has 1 heterocycles. The van der Waals surface area contributed by atoms with Gasteiger partial charge in [0, 0.05) is 24.1 Å². The molecule has 2 rings (SSSR count). The summed E-state index contributed by atoms with van der Waals surface area (Å²) in [6, 6.07) is 4.95. The Hall–Kier alpha value is -1.33. The Morgan fingerprint density at radius 1 is 1.20 bits per heavy atom. The Balaban J connectivity index is 2.05. The maximum Gasteiger partial charge on any atom is 0.147 e. The summed E-state index contributed by atoms with van der Waals surface area (Å²) in [6.45, 7) is 9.14. The lowest BCUT2D eigenvalue weighted by Crippen LogP contribution is -2.37. The van der Waals surface area contributed by atoms with Gasteiger partial charge in [-0.2, -0.15) is 0 Å². The number of hydrogen-bond acceptors (Lipinski definition) is 4. The summed E-state index contributed by atoms with van der Waals surface area (Å²) >= 11 is 1.53. The molecule has 0 unspecified atom stereocenters. The molecule has 0 aliphatic heterocycles. The highest BCUT2D eigenvalue weighted by Crippen LogP contribution is 2.25. The van der Waals surface area contributed by atoms with E-state index in [2.05, 4.69) is 36.3 Å². The number of benzene rings is 1. The van der Waals surface area contributed by atoms with Gasteiger partial charge in [-0.05, 0) is 51.5 Å². The normalized spacial score (nSPS) is 11.8. The summed E-state index contributed by atoms with van der Waals surface area (Å²) in [6.07, 6.45) is 0.837. The maximum absolute atomic E-state index is 13.4. The Kier molecular flexibility index (Phi) is 4.50. The lowest BCUT2D eigenvalue weighted by atomic mass is 10.1. The van der Waals surface area contributed by atoms with Crippen molar-refractivity contribution in [2.24, 2.45) is 0 Å². The van der Waals surface area contributed by atoms with Crippen LogP contribution >= 0.6 is 11.3 Å². The van der Waals surface area contributed by atoms with Crippen LogP contribution in [0, 0.1) is 12.7 Å². The summed E-state index contributed by atoms with van der Waals surface area (Å²) in [4.78, 5) is 0. The fraction of sp³-hybridized carbons (Fsp3) is 0.467. The van der Waals surface area contributed by atoms with Crippen molar-refractivity contribution in [3.05, 3.63) is 34.6 Å². The van der Waals surface area contributed by atoms with E-state index in [9.17, 15) is 4.39 Å². The standard InChI is InChI=1S/C15H20FN3S/c1-10-7-11(9-12(16)8-10)14-19-18-13(20-14)5-6-17-15(2,3)4/h7-9,17H,5-6H2,1-4H3. The van der Waals surface area contributed by atoms with Gasteiger partial charge in [0.15, 0.2) is 0 Å². The first-order chi connectivity index (χ1) is 9.33. The molecule has 0 spiro atoms. The number of rotatable bonds is 4. The van der Waals surface area contributed by atoms with Crippen LogP contribution in [0.2, 0.25) is 0 Å². The molecule has 3 nitrogen and oxygen atoms in total.